The summed E-state index contributed by atoms with van der Waals surface area (Å²) < 4.78 is 10.5. The van der Waals surface area contributed by atoms with Crippen molar-refractivity contribution >= 4 is 11.7 Å². The van der Waals surface area contributed by atoms with Gasteiger partial charge in [-0.15, -0.1) is 0 Å². The summed E-state index contributed by atoms with van der Waals surface area (Å²) in [6.07, 6.45) is 0.695. The molecule has 0 aliphatic carbocycles. The third kappa shape index (κ3) is 13.1. The van der Waals surface area contributed by atoms with Crippen LogP contribution in [0, 0.1) is 0 Å². The summed E-state index contributed by atoms with van der Waals surface area (Å²) in [5.74, 6) is -0.0161. The van der Waals surface area contributed by atoms with E-state index in [2.05, 4.69) is 10.6 Å². The lowest BCUT2D eigenvalue weighted by Crippen LogP contribution is -2.26. The number of Topliss-reactive ketones (excluding diaryl/α,β-unsaturated/α-hetero) is 1. The standard InChI is InChI=1S/C12H24N2O4/c1-11(15)3-5-14-12(16)4-7-17-9-10-18-8-6-13-2/h13H,3-10H2,1-2H3,(H,14,16). The van der Waals surface area contributed by atoms with Crippen molar-refractivity contribution in [3.8, 4) is 0 Å². The predicted molar refractivity (Wildman–Crippen MR) is 68.5 cm³/mol. The molecule has 1 amide bonds. The summed E-state index contributed by atoms with van der Waals surface area (Å²) >= 11 is 0. The van der Waals surface area contributed by atoms with Crippen LogP contribution in [0.3, 0.4) is 0 Å². The fourth-order valence-corrected chi connectivity index (χ4v) is 1.13. The van der Waals surface area contributed by atoms with Crippen LogP contribution in [0.4, 0.5) is 0 Å². The molecule has 2 N–H and O–H groups in total. The lowest BCUT2D eigenvalue weighted by Gasteiger charge is -2.06. The smallest absolute Gasteiger partial charge is 0.222 e. The van der Waals surface area contributed by atoms with Gasteiger partial charge in [-0.05, 0) is 14.0 Å². The highest BCUT2D eigenvalue weighted by molar-refractivity contribution is 5.78. The summed E-state index contributed by atoms with van der Waals surface area (Å²) in [6.45, 7) is 4.79. The summed E-state index contributed by atoms with van der Waals surface area (Å²) in [6, 6.07) is 0. The monoisotopic (exact) mass is 260 g/mol. The van der Waals surface area contributed by atoms with Gasteiger partial charge in [-0.1, -0.05) is 0 Å². The normalized spacial score (nSPS) is 10.3. The van der Waals surface area contributed by atoms with E-state index in [1.807, 2.05) is 7.05 Å². The van der Waals surface area contributed by atoms with Gasteiger partial charge in [0.1, 0.15) is 5.78 Å². The first-order valence-corrected chi connectivity index (χ1v) is 6.23. The van der Waals surface area contributed by atoms with Crippen LogP contribution in [0.1, 0.15) is 19.8 Å². The number of nitrogens with one attached hydrogen (secondary N) is 2. The number of carbonyl (C=O) groups is 2. The SMILES string of the molecule is CNCCOCCOCCC(=O)NCCC(C)=O. The van der Waals surface area contributed by atoms with Crippen LogP contribution in [-0.4, -0.2) is 58.3 Å². The fourth-order valence-electron chi connectivity index (χ4n) is 1.13. The van der Waals surface area contributed by atoms with E-state index in [0.29, 0.717) is 45.8 Å². The lowest BCUT2D eigenvalue weighted by atomic mass is 10.3. The molecular weight excluding hydrogens is 236 g/mol. The Labute approximate surface area is 108 Å². The van der Waals surface area contributed by atoms with Gasteiger partial charge < -0.3 is 20.1 Å². The van der Waals surface area contributed by atoms with Gasteiger partial charge in [0, 0.05) is 25.9 Å². The molecule has 0 aromatic heterocycles. The molecule has 0 aliphatic heterocycles. The number of rotatable bonds is 12. The van der Waals surface area contributed by atoms with Crippen LogP contribution in [0.5, 0.6) is 0 Å². The van der Waals surface area contributed by atoms with Crippen molar-refractivity contribution in [1.29, 1.82) is 0 Å². The van der Waals surface area contributed by atoms with Crippen molar-refractivity contribution in [3.05, 3.63) is 0 Å². The maximum absolute atomic E-state index is 11.3. The Morgan fingerprint density at radius 1 is 0.944 bits per heavy atom. The molecule has 6 heteroatoms. The predicted octanol–water partition coefficient (Wildman–Crippen LogP) is -0.276. The quantitative estimate of drug-likeness (QED) is 0.472. The molecule has 0 saturated heterocycles. The van der Waals surface area contributed by atoms with E-state index in [9.17, 15) is 9.59 Å². The Bertz CT molecular complexity index is 234. The van der Waals surface area contributed by atoms with Crippen molar-refractivity contribution in [2.45, 2.75) is 19.8 Å². The molecule has 0 saturated carbocycles. The van der Waals surface area contributed by atoms with Crippen LogP contribution in [0.15, 0.2) is 0 Å². The van der Waals surface area contributed by atoms with Crippen LogP contribution in [0.25, 0.3) is 0 Å². The molecule has 0 unspecified atom stereocenters. The number of carbonyl (C=O) groups excluding carboxylic acids is 2. The molecule has 0 rings (SSSR count). The average molecular weight is 260 g/mol. The minimum Gasteiger partial charge on any atom is -0.379 e. The molecule has 18 heavy (non-hydrogen) atoms. The van der Waals surface area contributed by atoms with E-state index in [1.165, 1.54) is 6.92 Å². The minimum atomic E-state index is -0.0904. The molecule has 0 fully saturated rings. The van der Waals surface area contributed by atoms with E-state index >= 15 is 0 Å². The second kappa shape index (κ2) is 12.5. The highest BCUT2D eigenvalue weighted by atomic mass is 16.5. The van der Waals surface area contributed by atoms with Gasteiger partial charge in [-0.2, -0.15) is 0 Å². The van der Waals surface area contributed by atoms with E-state index in [-0.39, 0.29) is 11.7 Å². The van der Waals surface area contributed by atoms with Crippen molar-refractivity contribution in [2.24, 2.45) is 0 Å². The maximum atomic E-state index is 11.3. The first-order valence-electron chi connectivity index (χ1n) is 6.23. The van der Waals surface area contributed by atoms with Gasteiger partial charge in [-0.3, -0.25) is 9.59 Å². The zero-order chi connectivity index (χ0) is 13.6. The zero-order valence-corrected chi connectivity index (χ0v) is 11.3. The second-order valence-corrected chi connectivity index (χ2v) is 3.88. The Morgan fingerprint density at radius 3 is 2.22 bits per heavy atom. The summed E-state index contributed by atoms with van der Waals surface area (Å²) in [7, 11) is 1.87. The molecule has 6 nitrogen and oxygen atoms in total. The molecule has 0 aromatic carbocycles. The maximum Gasteiger partial charge on any atom is 0.222 e. The first kappa shape index (κ1) is 17.0. The average Bonchev–Trinajstić information content (AvgIpc) is 2.32. The molecule has 0 spiro atoms. The Hall–Kier alpha value is -0.980. The number of amides is 1. The van der Waals surface area contributed by atoms with E-state index in [1.54, 1.807) is 0 Å². The molecular formula is C12H24N2O4. The van der Waals surface area contributed by atoms with Gasteiger partial charge in [0.05, 0.1) is 26.4 Å². The van der Waals surface area contributed by atoms with Gasteiger partial charge in [-0.25, -0.2) is 0 Å². The largest absolute Gasteiger partial charge is 0.379 e. The minimum absolute atomic E-state index is 0.0743. The molecule has 0 heterocycles. The highest BCUT2D eigenvalue weighted by Gasteiger charge is 2.01. The van der Waals surface area contributed by atoms with Crippen molar-refractivity contribution in [2.75, 3.05) is 46.6 Å². The van der Waals surface area contributed by atoms with Gasteiger partial charge in [0.15, 0.2) is 0 Å². The van der Waals surface area contributed by atoms with Gasteiger partial charge in [0.2, 0.25) is 5.91 Å². The molecule has 0 radical (unpaired) electrons. The summed E-state index contributed by atoms with van der Waals surface area (Å²) in [5, 5.41) is 5.62. The number of ketones is 1. The van der Waals surface area contributed by atoms with Crippen molar-refractivity contribution in [1.82, 2.24) is 10.6 Å². The van der Waals surface area contributed by atoms with Crippen LogP contribution in [-0.2, 0) is 19.1 Å². The number of hydrogen-bond acceptors (Lipinski definition) is 5. The fraction of sp³-hybridized carbons (Fsp3) is 0.833. The van der Waals surface area contributed by atoms with E-state index in [0.717, 1.165) is 6.54 Å². The third-order valence-electron chi connectivity index (χ3n) is 2.14. The summed E-state index contributed by atoms with van der Waals surface area (Å²) in [5.41, 5.74) is 0. The molecule has 0 aromatic rings. The zero-order valence-electron chi connectivity index (χ0n) is 11.3. The number of hydrogen-bond donors (Lipinski definition) is 2. The molecule has 0 aliphatic rings. The summed E-state index contributed by atoms with van der Waals surface area (Å²) in [4.78, 5) is 21.9. The van der Waals surface area contributed by atoms with E-state index in [4.69, 9.17) is 9.47 Å². The van der Waals surface area contributed by atoms with E-state index < -0.39 is 0 Å². The molecule has 0 atom stereocenters. The van der Waals surface area contributed by atoms with Crippen LogP contribution in [0.2, 0.25) is 0 Å². The van der Waals surface area contributed by atoms with Gasteiger partial charge in [0.25, 0.3) is 0 Å². The van der Waals surface area contributed by atoms with Crippen LogP contribution < -0.4 is 10.6 Å². The molecule has 0 bridgehead atoms. The Balaban J connectivity index is 3.17. The molecule has 106 valence electrons. The van der Waals surface area contributed by atoms with Crippen molar-refractivity contribution in [3.63, 3.8) is 0 Å². The Morgan fingerprint density at radius 2 is 1.61 bits per heavy atom. The third-order valence-corrected chi connectivity index (χ3v) is 2.14. The van der Waals surface area contributed by atoms with Crippen LogP contribution >= 0.6 is 0 Å². The first-order chi connectivity index (χ1) is 8.66. The topological polar surface area (TPSA) is 76.7 Å². The van der Waals surface area contributed by atoms with Crippen molar-refractivity contribution < 1.29 is 19.1 Å². The lowest BCUT2D eigenvalue weighted by molar-refractivity contribution is -0.122. The Kier molecular flexibility index (Phi) is 11.8. The highest BCUT2D eigenvalue weighted by Crippen LogP contribution is 1.86. The number of ether oxygens (including phenoxy) is 2. The number of likely N-dealkylation sites (N-methyl/N-ethyl adjacent to an activating group) is 1. The second-order valence-electron chi connectivity index (χ2n) is 3.88. The van der Waals surface area contributed by atoms with Gasteiger partial charge >= 0.3 is 0 Å².